The predicted octanol–water partition coefficient (Wildman–Crippen LogP) is 7.82. The van der Waals surface area contributed by atoms with Crippen molar-refractivity contribution >= 4 is 0 Å². The molecule has 144 valence electrons. The molecule has 0 spiro atoms. The van der Waals surface area contributed by atoms with E-state index in [-0.39, 0.29) is 5.82 Å². The van der Waals surface area contributed by atoms with Crippen molar-refractivity contribution in [3.05, 3.63) is 108 Å². The minimum absolute atomic E-state index is 0.178. The summed E-state index contributed by atoms with van der Waals surface area (Å²) in [5.41, 5.74) is 0. The molecule has 1 saturated carbocycles. The highest BCUT2D eigenvalue weighted by Gasteiger charge is 1.95. The van der Waals surface area contributed by atoms with Gasteiger partial charge in [-0.3, -0.25) is 0 Å². The highest BCUT2D eigenvalue weighted by molar-refractivity contribution is 5.05. The first kappa shape index (κ1) is 22.5. The van der Waals surface area contributed by atoms with Gasteiger partial charge in [-0.05, 0) is 24.3 Å². The zero-order chi connectivity index (χ0) is 19.6. The number of hydrogen-bond acceptors (Lipinski definition) is 0. The van der Waals surface area contributed by atoms with Gasteiger partial charge in [0.05, 0.1) is 0 Å². The third-order valence-corrected chi connectivity index (χ3v) is 3.69. The number of halogens is 3. The van der Waals surface area contributed by atoms with Gasteiger partial charge < -0.3 is 0 Å². The third-order valence-electron chi connectivity index (χ3n) is 3.69. The summed E-state index contributed by atoms with van der Waals surface area (Å²) in [6.07, 6.45) is 9.00. The molecule has 0 saturated heterocycles. The first-order valence-electron chi connectivity index (χ1n) is 9.30. The summed E-state index contributed by atoms with van der Waals surface area (Å²) in [6.45, 7) is 0. The standard InChI is InChI=1S/C6H4F2.C6H5F.C6H12.C6H6/c7-5-2-1-3-6(8)4-5;7-6-4-2-1-3-5-6;2*1-2-4-6-5-3-1/h1-4H;1-5H;1-6H2;1-6H. The molecule has 3 heteroatoms. The van der Waals surface area contributed by atoms with Crippen molar-refractivity contribution in [2.75, 3.05) is 0 Å². The van der Waals surface area contributed by atoms with Crippen molar-refractivity contribution in [3.8, 4) is 0 Å². The Kier molecular flexibility index (Phi) is 13.1. The van der Waals surface area contributed by atoms with Gasteiger partial charge in [0.1, 0.15) is 17.5 Å². The molecule has 0 bridgehead atoms. The summed E-state index contributed by atoms with van der Waals surface area (Å²) >= 11 is 0. The SMILES string of the molecule is C1CCCCC1.Fc1cccc(F)c1.Fc1ccccc1.c1ccccc1. The molecule has 0 radical (unpaired) electrons. The molecule has 0 aromatic heterocycles. The van der Waals surface area contributed by atoms with Crippen molar-refractivity contribution in [1.82, 2.24) is 0 Å². The second-order valence-corrected chi connectivity index (χ2v) is 6.01. The summed E-state index contributed by atoms with van der Waals surface area (Å²) in [6, 6.07) is 24.5. The Balaban J connectivity index is 0.000000181. The molecular weight excluding hydrogens is 345 g/mol. The van der Waals surface area contributed by atoms with Gasteiger partial charge in [-0.1, -0.05) is 99.2 Å². The summed E-state index contributed by atoms with van der Waals surface area (Å²) < 4.78 is 35.8. The molecule has 0 heterocycles. The van der Waals surface area contributed by atoms with Gasteiger partial charge in [0.25, 0.3) is 0 Å². The Bertz CT molecular complexity index is 625. The molecule has 1 fully saturated rings. The predicted molar refractivity (Wildman–Crippen MR) is 107 cm³/mol. The minimum Gasteiger partial charge on any atom is -0.207 e. The molecule has 0 amide bonds. The smallest absolute Gasteiger partial charge is 0.126 e. The molecule has 3 aromatic rings. The summed E-state index contributed by atoms with van der Waals surface area (Å²) in [5.74, 6) is -1.25. The lowest BCUT2D eigenvalue weighted by atomic mass is 10.0. The summed E-state index contributed by atoms with van der Waals surface area (Å²) in [7, 11) is 0. The van der Waals surface area contributed by atoms with E-state index >= 15 is 0 Å². The first-order chi connectivity index (χ1) is 13.2. The van der Waals surface area contributed by atoms with Gasteiger partial charge in [-0.2, -0.15) is 0 Å². The Morgan fingerprint density at radius 2 is 0.667 bits per heavy atom. The normalized spacial score (nSPS) is 12.1. The van der Waals surface area contributed by atoms with Crippen LogP contribution in [0.5, 0.6) is 0 Å². The van der Waals surface area contributed by atoms with E-state index in [9.17, 15) is 13.2 Å². The van der Waals surface area contributed by atoms with E-state index in [4.69, 9.17) is 0 Å². The Labute approximate surface area is 160 Å². The number of rotatable bonds is 0. The highest BCUT2D eigenvalue weighted by Crippen LogP contribution is 2.15. The topological polar surface area (TPSA) is 0 Å². The lowest BCUT2D eigenvalue weighted by Crippen LogP contribution is -1.85. The van der Waals surface area contributed by atoms with Crippen LogP contribution in [0.1, 0.15) is 38.5 Å². The zero-order valence-electron chi connectivity index (χ0n) is 15.5. The van der Waals surface area contributed by atoms with Crippen LogP contribution in [0.4, 0.5) is 13.2 Å². The number of benzene rings is 3. The van der Waals surface area contributed by atoms with Crippen LogP contribution in [0, 0.1) is 17.5 Å². The first-order valence-corrected chi connectivity index (χ1v) is 9.30. The Morgan fingerprint density at radius 3 is 0.889 bits per heavy atom. The summed E-state index contributed by atoms with van der Waals surface area (Å²) in [5, 5.41) is 0. The largest absolute Gasteiger partial charge is 0.207 e. The molecule has 0 N–H and O–H groups in total. The minimum atomic E-state index is -0.537. The van der Waals surface area contributed by atoms with E-state index in [1.54, 1.807) is 18.2 Å². The van der Waals surface area contributed by atoms with Crippen LogP contribution in [0.15, 0.2) is 91.0 Å². The molecule has 0 atom stereocenters. The van der Waals surface area contributed by atoms with E-state index in [1.165, 1.54) is 68.9 Å². The van der Waals surface area contributed by atoms with Crippen molar-refractivity contribution < 1.29 is 13.2 Å². The fourth-order valence-electron chi connectivity index (χ4n) is 2.32. The van der Waals surface area contributed by atoms with Gasteiger partial charge in [-0.25, -0.2) is 13.2 Å². The van der Waals surface area contributed by atoms with Gasteiger partial charge >= 0.3 is 0 Å². The van der Waals surface area contributed by atoms with Gasteiger partial charge in [0.15, 0.2) is 0 Å². The second kappa shape index (κ2) is 15.7. The van der Waals surface area contributed by atoms with Crippen LogP contribution in [0.3, 0.4) is 0 Å². The van der Waals surface area contributed by atoms with Crippen molar-refractivity contribution in [1.29, 1.82) is 0 Å². The van der Waals surface area contributed by atoms with Crippen molar-refractivity contribution in [2.45, 2.75) is 38.5 Å². The molecule has 3 aromatic carbocycles. The van der Waals surface area contributed by atoms with E-state index < -0.39 is 11.6 Å². The monoisotopic (exact) mass is 372 g/mol. The molecule has 1 aliphatic rings. The maximum absolute atomic E-state index is 11.9. The second-order valence-electron chi connectivity index (χ2n) is 6.01. The summed E-state index contributed by atoms with van der Waals surface area (Å²) in [4.78, 5) is 0. The molecule has 0 aliphatic heterocycles. The van der Waals surface area contributed by atoms with Crippen LogP contribution < -0.4 is 0 Å². The van der Waals surface area contributed by atoms with Gasteiger partial charge in [-0.15, -0.1) is 0 Å². The van der Waals surface area contributed by atoms with E-state index in [0.717, 1.165) is 6.07 Å². The fourth-order valence-corrected chi connectivity index (χ4v) is 2.32. The van der Waals surface area contributed by atoms with Gasteiger partial charge in [0, 0.05) is 6.07 Å². The lowest BCUT2D eigenvalue weighted by Gasteiger charge is -2.05. The Hall–Kier alpha value is -2.55. The van der Waals surface area contributed by atoms with Crippen LogP contribution in [0.2, 0.25) is 0 Å². The maximum atomic E-state index is 11.9. The van der Waals surface area contributed by atoms with Crippen LogP contribution >= 0.6 is 0 Å². The van der Waals surface area contributed by atoms with E-state index in [0.29, 0.717) is 0 Å². The molecule has 0 unspecified atom stereocenters. The Morgan fingerprint density at radius 1 is 0.370 bits per heavy atom. The van der Waals surface area contributed by atoms with Crippen LogP contribution in [-0.2, 0) is 0 Å². The number of hydrogen-bond donors (Lipinski definition) is 0. The average Bonchev–Trinajstić information content (AvgIpc) is 2.72. The highest BCUT2D eigenvalue weighted by atomic mass is 19.1. The maximum Gasteiger partial charge on any atom is 0.126 e. The van der Waals surface area contributed by atoms with Gasteiger partial charge in [0.2, 0.25) is 0 Å². The quantitative estimate of drug-likeness (QED) is 0.377. The zero-order valence-corrected chi connectivity index (χ0v) is 15.5. The fraction of sp³-hybridized carbons (Fsp3) is 0.250. The van der Waals surface area contributed by atoms with Crippen LogP contribution in [0.25, 0.3) is 0 Å². The average molecular weight is 372 g/mol. The molecule has 1 aliphatic carbocycles. The third kappa shape index (κ3) is 14.3. The molecule has 27 heavy (non-hydrogen) atoms. The lowest BCUT2D eigenvalue weighted by molar-refractivity contribution is 0.504. The van der Waals surface area contributed by atoms with Crippen molar-refractivity contribution in [2.24, 2.45) is 0 Å². The molecule has 0 nitrogen and oxygen atoms in total. The van der Waals surface area contributed by atoms with Crippen molar-refractivity contribution in [3.63, 3.8) is 0 Å². The van der Waals surface area contributed by atoms with E-state index in [2.05, 4.69) is 0 Å². The van der Waals surface area contributed by atoms with E-state index in [1.807, 2.05) is 36.4 Å². The molecular formula is C24H27F3. The van der Waals surface area contributed by atoms with Crippen LogP contribution in [-0.4, -0.2) is 0 Å². The molecule has 4 rings (SSSR count).